The number of rotatable bonds is 2. The van der Waals surface area contributed by atoms with E-state index in [-0.39, 0.29) is 0 Å². The molecule has 0 amide bonds. The largest absolute Gasteiger partial charge is 0.382 e. The molecule has 0 aromatic carbocycles. The zero-order chi connectivity index (χ0) is 9.97. The van der Waals surface area contributed by atoms with Crippen molar-refractivity contribution in [2.45, 2.75) is 13.0 Å². The molecule has 0 bridgehead atoms. The van der Waals surface area contributed by atoms with Crippen LogP contribution in [-0.4, -0.2) is 15.1 Å². The number of hydrogen-bond donors (Lipinski definition) is 1. The summed E-state index contributed by atoms with van der Waals surface area (Å²) < 4.78 is 0. The minimum atomic E-state index is -0.657. The lowest BCUT2D eigenvalue weighted by molar-refractivity contribution is 0.215. The number of aliphatic hydroxyl groups excluding tert-OH is 1. The zero-order valence-electron chi connectivity index (χ0n) is 7.71. The minimum Gasteiger partial charge on any atom is -0.382 e. The van der Waals surface area contributed by atoms with Crippen LogP contribution in [0.3, 0.4) is 0 Å². The Kier molecular flexibility index (Phi) is 2.56. The van der Waals surface area contributed by atoms with E-state index >= 15 is 0 Å². The summed E-state index contributed by atoms with van der Waals surface area (Å²) in [6.45, 7) is 1.95. The second-order valence-corrected chi connectivity index (χ2v) is 3.77. The summed E-state index contributed by atoms with van der Waals surface area (Å²) in [5.74, 6) is 0. The lowest BCUT2D eigenvalue weighted by atomic mass is 10.1. The molecule has 4 heteroatoms. The van der Waals surface area contributed by atoms with Crippen molar-refractivity contribution in [3.05, 3.63) is 46.2 Å². The summed E-state index contributed by atoms with van der Waals surface area (Å²) in [6.07, 6.45) is 2.74. The van der Waals surface area contributed by atoms with Crippen LogP contribution in [0, 0.1) is 6.92 Å². The van der Waals surface area contributed by atoms with Crippen molar-refractivity contribution in [2.24, 2.45) is 0 Å². The normalized spacial score (nSPS) is 12.7. The molecular weight excluding hydrogens is 196 g/mol. The Morgan fingerprint density at radius 1 is 1.50 bits per heavy atom. The van der Waals surface area contributed by atoms with Gasteiger partial charge in [0.2, 0.25) is 0 Å². The predicted octanol–water partition coefficient (Wildman–Crippen LogP) is 1.93. The highest BCUT2D eigenvalue weighted by molar-refractivity contribution is 7.07. The quantitative estimate of drug-likeness (QED) is 0.816. The number of nitrogens with zero attached hydrogens (tertiary/aromatic N) is 2. The second-order valence-electron chi connectivity index (χ2n) is 3.05. The predicted molar refractivity (Wildman–Crippen MR) is 55.1 cm³/mol. The zero-order valence-corrected chi connectivity index (χ0v) is 8.53. The van der Waals surface area contributed by atoms with Gasteiger partial charge in [-0.3, -0.25) is 4.98 Å². The number of hydrogen-bond acceptors (Lipinski definition) is 4. The molecule has 0 spiro atoms. The summed E-state index contributed by atoms with van der Waals surface area (Å²) in [7, 11) is 0. The molecule has 2 aromatic heterocycles. The first-order valence-electron chi connectivity index (χ1n) is 4.25. The fourth-order valence-corrected chi connectivity index (χ4v) is 1.85. The third kappa shape index (κ3) is 1.66. The second kappa shape index (κ2) is 3.86. The molecule has 2 heterocycles. The van der Waals surface area contributed by atoms with Gasteiger partial charge in [-0.25, -0.2) is 4.98 Å². The average molecular weight is 206 g/mol. The van der Waals surface area contributed by atoms with Gasteiger partial charge >= 0.3 is 0 Å². The van der Waals surface area contributed by atoms with Gasteiger partial charge in [-0.05, 0) is 18.6 Å². The summed E-state index contributed by atoms with van der Waals surface area (Å²) in [5.41, 5.74) is 4.24. The van der Waals surface area contributed by atoms with Gasteiger partial charge in [-0.15, -0.1) is 11.3 Å². The van der Waals surface area contributed by atoms with Crippen LogP contribution in [0.15, 0.2) is 29.4 Å². The maximum atomic E-state index is 9.97. The molecule has 1 N–H and O–H groups in total. The minimum absolute atomic E-state index is 0.657. The van der Waals surface area contributed by atoms with Crippen LogP contribution in [0.5, 0.6) is 0 Å². The fourth-order valence-electron chi connectivity index (χ4n) is 1.28. The molecule has 1 unspecified atom stereocenters. The smallest absolute Gasteiger partial charge is 0.124 e. The highest BCUT2D eigenvalue weighted by atomic mass is 32.1. The Morgan fingerprint density at radius 3 is 3.00 bits per heavy atom. The van der Waals surface area contributed by atoms with Gasteiger partial charge in [-0.2, -0.15) is 0 Å². The highest BCUT2D eigenvalue weighted by Gasteiger charge is 2.14. The third-order valence-corrected chi connectivity index (χ3v) is 2.71. The van der Waals surface area contributed by atoms with Crippen molar-refractivity contribution in [3.63, 3.8) is 0 Å². The van der Waals surface area contributed by atoms with Crippen LogP contribution in [0.2, 0.25) is 0 Å². The highest BCUT2D eigenvalue weighted by Crippen LogP contribution is 2.23. The molecule has 2 rings (SSSR count). The molecule has 0 fully saturated rings. The SMILES string of the molecule is Cc1ccncc1C(O)c1cscn1. The molecule has 2 aromatic rings. The van der Waals surface area contributed by atoms with Gasteiger partial charge < -0.3 is 5.11 Å². The molecule has 0 saturated carbocycles. The van der Waals surface area contributed by atoms with Crippen LogP contribution < -0.4 is 0 Å². The molecule has 1 atom stereocenters. The first-order valence-corrected chi connectivity index (χ1v) is 5.20. The van der Waals surface area contributed by atoms with Crippen molar-refractivity contribution in [1.29, 1.82) is 0 Å². The Bertz CT molecular complexity index is 414. The van der Waals surface area contributed by atoms with Gasteiger partial charge in [0.05, 0.1) is 11.2 Å². The van der Waals surface area contributed by atoms with E-state index in [1.165, 1.54) is 11.3 Å². The molecule has 0 aliphatic carbocycles. The number of thiazole rings is 1. The molecule has 3 nitrogen and oxygen atoms in total. The van der Waals surface area contributed by atoms with E-state index in [0.717, 1.165) is 11.1 Å². The van der Waals surface area contributed by atoms with E-state index in [0.29, 0.717) is 5.69 Å². The standard InChI is InChI=1S/C10H10N2OS/c1-7-2-3-11-4-8(7)10(13)9-5-14-6-12-9/h2-6,10,13H,1H3. The van der Waals surface area contributed by atoms with Crippen LogP contribution in [0.1, 0.15) is 22.9 Å². The summed E-state index contributed by atoms with van der Waals surface area (Å²) in [5, 5.41) is 11.8. The molecular formula is C10H10N2OS. The molecule has 0 aliphatic heterocycles. The molecule has 0 radical (unpaired) electrons. The summed E-state index contributed by atoms with van der Waals surface area (Å²) >= 11 is 1.48. The summed E-state index contributed by atoms with van der Waals surface area (Å²) in [6, 6.07) is 1.88. The molecule has 14 heavy (non-hydrogen) atoms. The van der Waals surface area contributed by atoms with Gasteiger partial charge in [0.25, 0.3) is 0 Å². The van der Waals surface area contributed by atoms with Crippen LogP contribution in [-0.2, 0) is 0 Å². The van der Waals surface area contributed by atoms with E-state index < -0.39 is 6.10 Å². The van der Waals surface area contributed by atoms with Crippen LogP contribution >= 0.6 is 11.3 Å². The number of aromatic nitrogens is 2. The van der Waals surface area contributed by atoms with E-state index in [2.05, 4.69) is 9.97 Å². The molecule has 0 aliphatic rings. The van der Waals surface area contributed by atoms with Crippen molar-refractivity contribution in [1.82, 2.24) is 9.97 Å². The van der Waals surface area contributed by atoms with E-state index in [4.69, 9.17) is 0 Å². The monoisotopic (exact) mass is 206 g/mol. The number of pyridine rings is 1. The Balaban J connectivity index is 2.37. The average Bonchev–Trinajstić information content (AvgIpc) is 2.70. The topological polar surface area (TPSA) is 46.0 Å². The maximum Gasteiger partial charge on any atom is 0.124 e. The number of aryl methyl sites for hydroxylation is 1. The van der Waals surface area contributed by atoms with Crippen molar-refractivity contribution in [2.75, 3.05) is 0 Å². The Labute approximate surface area is 86.1 Å². The van der Waals surface area contributed by atoms with Crippen LogP contribution in [0.4, 0.5) is 0 Å². The summed E-state index contributed by atoms with van der Waals surface area (Å²) in [4.78, 5) is 8.07. The lowest BCUT2D eigenvalue weighted by Crippen LogP contribution is -2.02. The van der Waals surface area contributed by atoms with Crippen molar-refractivity contribution >= 4 is 11.3 Å². The Hall–Kier alpha value is -1.26. The van der Waals surface area contributed by atoms with E-state index in [1.807, 2.05) is 18.4 Å². The van der Waals surface area contributed by atoms with Gasteiger partial charge in [-0.1, -0.05) is 0 Å². The van der Waals surface area contributed by atoms with Crippen molar-refractivity contribution < 1.29 is 5.11 Å². The Morgan fingerprint density at radius 2 is 2.36 bits per heavy atom. The fraction of sp³-hybridized carbons (Fsp3) is 0.200. The van der Waals surface area contributed by atoms with Gasteiger partial charge in [0.1, 0.15) is 6.10 Å². The molecule has 0 saturated heterocycles. The molecule has 72 valence electrons. The van der Waals surface area contributed by atoms with Crippen LogP contribution in [0.25, 0.3) is 0 Å². The lowest BCUT2D eigenvalue weighted by Gasteiger charge is -2.09. The van der Waals surface area contributed by atoms with E-state index in [1.54, 1.807) is 17.9 Å². The van der Waals surface area contributed by atoms with Gasteiger partial charge in [0.15, 0.2) is 0 Å². The number of aliphatic hydroxyl groups is 1. The van der Waals surface area contributed by atoms with Crippen molar-refractivity contribution in [3.8, 4) is 0 Å². The third-order valence-electron chi connectivity index (χ3n) is 2.11. The van der Waals surface area contributed by atoms with E-state index in [9.17, 15) is 5.11 Å². The first-order chi connectivity index (χ1) is 6.79. The first kappa shape index (κ1) is 9.30. The van der Waals surface area contributed by atoms with Gasteiger partial charge in [0, 0.05) is 23.3 Å². The maximum absolute atomic E-state index is 9.97.